The molecular formula is C23H30O3Y-2. The van der Waals surface area contributed by atoms with E-state index in [9.17, 15) is 4.79 Å². The Morgan fingerprint density at radius 3 is 1.22 bits per heavy atom. The molecule has 0 aliphatic carbocycles. The largest absolute Gasteiger partial charge is 0.522 e. The summed E-state index contributed by atoms with van der Waals surface area (Å²) in [7, 11) is 1.72. The number of hydrogen-bond donors (Lipinski definition) is 0. The van der Waals surface area contributed by atoms with Crippen LogP contribution in [0.1, 0.15) is 51.4 Å². The van der Waals surface area contributed by atoms with Crippen LogP contribution < -0.4 is 9.47 Å². The molecule has 0 heterocycles. The van der Waals surface area contributed by atoms with Gasteiger partial charge >= 0.3 is 5.97 Å². The van der Waals surface area contributed by atoms with Crippen LogP contribution in [0.15, 0.2) is 0 Å². The van der Waals surface area contributed by atoms with Crippen molar-refractivity contribution in [3.05, 3.63) is 56.6 Å². The summed E-state index contributed by atoms with van der Waals surface area (Å²) in [5.41, 5.74) is 8.78. The normalized spacial score (nSPS) is 9.70. The quantitative estimate of drug-likeness (QED) is 0.356. The average Bonchev–Trinajstić information content (AvgIpc) is 2.56. The Kier molecular flexibility index (Phi) is 10.5. The van der Waals surface area contributed by atoms with E-state index in [0.717, 1.165) is 28.0 Å². The Hall–Kier alpha value is -1.19. The molecule has 2 rings (SSSR count). The van der Waals surface area contributed by atoms with Gasteiger partial charge in [0.25, 0.3) is 0 Å². The van der Waals surface area contributed by atoms with Crippen molar-refractivity contribution in [1.82, 2.24) is 0 Å². The zero-order valence-corrected chi connectivity index (χ0v) is 21.1. The molecule has 0 amide bonds. The van der Waals surface area contributed by atoms with Gasteiger partial charge in [0.2, 0.25) is 0 Å². The van der Waals surface area contributed by atoms with Gasteiger partial charge in [-0.3, -0.25) is 4.79 Å². The Balaban J connectivity index is 0.000000488. The fourth-order valence-electron chi connectivity index (χ4n) is 2.78. The number of carbonyl (C=O) groups is 1. The van der Waals surface area contributed by atoms with Crippen LogP contribution in [0.5, 0.6) is 11.5 Å². The van der Waals surface area contributed by atoms with E-state index in [1.165, 1.54) is 29.2 Å². The van der Waals surface area contributed by atoms with Gasteiger partial charge < -0.3 is 9.47 Å². The minimum Gasteiger partial charge on any atom is -0.522 e. The molecule has 0 aliphatic rings. The molecule has 0 unspecified atom stereocenters. The molecule has 0 saturated carbocycles. The molecular weight excluding hydrogens is 413 g/mol. The Bertz CT molecular complexity index is 771. The van der Waals surface area contributed by atoms with Crippen molar-refractivity contribution in [3.8, 4) is 11.5 Å². The Labute approximate surface area is 189 Å². The van der Waals surface area contributed by atoms with Gasteiger partial charge in [0.1, 0.15) is 0 Å². The van der Waals surface area contributed by atoms with E-state index in [1.54, 1.807) is 7.11 Å². The van der Waals surface area contributed by atoms with Crippen LogP contribution in [-0.4, -0.2) is 13.1 Å². The number of ether oxygens (including phenoxy) is 2. The standard InChI is InChI=1S/C12H15O2.C11H15O.Y/c1-7-6-8(2)10(4)12(9(7)3)14-11(5)13;1-7-6-8(2)10(4)11(12-5)9(7)3;/h1-5H3;1-5H3;/q2*-1;. The van der Waals surface area contributed by atoms with Gasteiger partial charge in [-0.25, -0.2) is 0 Å². The number of carbonyl (C=O) groups excluding carboxylic acids is 1. The third-order valence-electron chi connectivity index (χ3n) is 4.81. The van der Waals surface area contributed by atoms with Crippen LogP contribution in [0.4, 0.5) is 0 Å². The molecule has 0 aliphatic heterocycles. The van der Waals surface area contributed by atoms with E-state index in [0.29, 0.717) is 5.75 Å². The summed E-state index contributed by atoms with van der Waals surface area (Å²) in [6, 6.07) is 6.53. The second kappa shape index (κ2) is 11.0. The first-order valence-corrected chi connectivity index (χ1v) is 8.72. The van der Waals surface area contributed by atoms with Gasteiger partial charge in [-0.2, -0.15) is 34.4 Å². The molecule has 0 spiro atoms. The molecule has 0 aromatic heterocycles. The Morgan fingerprint density at radius 2 is 0.963 bits per heavy atom. The molecule has 2 aromatic carbocycles. The first kappa shape index (κ1) is 25.8. The maximum Gasteiger partial charge on any atom is 0.305 e. The van der Waals surface area contributed by atoms with Gasteiger partial charge in [0, 0.05) is 51.1 Å². The fourth-order valence-corrected chi connectivity index (χ4v) is 2.78. The molecule has 0 bridgehead atoms. The van der Waals surface area contributed by atoms with Crippen molar-refractivity contribution < 1.29 is 47.0 Å². The fraction of sp³-hybridized carbons (Fsp3) is 0.435. The molecule has 0 atom stereocenters. The molecule has 4 heteroatoms. The van der Waals surface area contributed by atoms with E-state index in [4.69, 9.17) is 9.47 Å². The molecule has 2 aromatic rings. The van der Waals surface area contributed by atoms with Crippen LogP contribution >= 0.6 is 0 Å². The molecule has 0 N–H and O–H groups in total. The average molecular weight is 443 g/mol. The summed E-state index contributed by atoms with van der Waals surface area (Å²) in [5.74, 6) is 1.41. The van der Waals surface area contributed by atoms with Gasteiger partial charge in [0.05, 0.1) is 7.11 Å². The van der Waals surface area contributed by atoms with Crippen molar-refractivity contribution in [2.45, 2.75) is 62.3 Å². The first-order chi connectivity index (χ1) is 12.0. The number of esters is 1. The summed E-state index contributed by atoms with van der Waals surface area (Å²) in [5, 5.41) is 0. The number of hydrogen-bond acceptors (Lipinski definition) is 3. The molecule has 1 radical (unpaired) electrons. The van der Waals surface area contributed by atoms with Crippen LogP contribution in [-0.2, 0) is 37.5 Å². The number of aryl methyl sites for hydroxylation is 4. The monoisotopic (exact) mass is 443 g/mol. The van der Waals surface area contributed by atoms with Gasteiger partial charge in [0.15, 0.2) is 0 Å². The smallest absolute Gasteiger partial charge is 0.305 e. The molecule has 145 valence electrons. The summed E-state index contributed by atoms with van der Waals surface area (Å²) in [6.45, 7) is 17.5. The predicted octanol–water partition coefficient (Wildman–Crippen LogP) is 5.37. The van der Waals surface area contributed by atoms with Gasteiger partial charge in [-0.15, -0.1) is 22.3 Å². The van der Waals surface area contributed by atoms with E-state index < -0.39 is 0 Å². The van der Waals surface area contributed by atoms with Crippen molar-refractivity contribution >= 4 is 5.97 Å². The number of rotatable bonds is 2. The Morgan fingerprint density at radius 1 is 0.667 bits per heavy atom. The van der Waals surface area contributed by atoms with E-state index in [2.05, 4.69) is 39.8 Å². The predicted molar refractivity (Wildman–Crippen MR) is 106 cm³/mol. The van der Waals surface area contributed by atoms with Crippen LogP contribution in [0.25, 0.3) is 0 Å². The van der Waals surface area contributed by atoms with Gasteiger partial charge in [-0.1, -0.05) is 55.4 Å². The summed E-state index contributed by atoms with van der Waals surface area (Å²) < 4.78 is 10.5. The zero-order valence-electron chi connectivity index (χ0n) is 18.3. The van der Waals surface area contributed by atoms with Crippen molar-refractivity contribution in [3.63, 3.8) is 0 Å². The molecule has 27 heavy (non-hydrogen) atoms. The van der Waals surface area contributed by atoms with Gasteiger partial charge in [-0.05, 0) is 0 Å². The van der Waals surface area contributed by atoms with Crippen LogP contribution in [0.3, 0.4) is 0 Å². The second-order valence-corrected chi connectivity index (χ2v) is 6.71. The first-order valence-electron chi connectivity index (χ1n) is 8.72. The van der Waals surface area contributed by atoms with Crippen LogP contribution in [0, 0.1) is 67.5 Å². The third-order valence-corrected chi connectivity index (χ3v) is 4.81. The topological polar surface area (TPSA) is 35.5 Å². The van der Waals surface area contributed by atoms with Crippen molar-refractivity contribution in [2.75, 3.05) is 7.11 Å². The van der Waals surface area contributed by atoms with E-state index >= 15 is 0 Å². The van der Waals surface area contributed by atoms with Crippen molar-refractivity contribution in [1.29, 1.82) is 0 Å². The third kappa shape index (κ3) is 6.43. The second-order valence-electron chi connectivity index (χ2n) is 6.71. The minimum atomic E-state index is -0.277. The summed E-state index contributed by atoms with van der Waals surface area (Å²) >= 11 is 0. The maximum atomic E-state index is 10.9. The van der Waals surface area contributed by atoms with Crippen LogP contribution in [0.2, 0.25) is 0 Å². The summed E-state index contributed by atoms with van der Waals surface area (Å²) in [6.07, 6.45) is 0. The zero-order chi connectivity index (χ0) is 20.2. The number of benzene rings is 2. The molecule has 0 saturated heterocycles. The maximum absolute atomic E-state index is 10.9. The number of methoxy groups -OCH3 is 1. The van der Waals surface area contributed by atoms with E-state index in [1.807, 2.05) is 27.7 Å². The SMILES string of the molecule is CC(=O)Oc1c(C)c(C)[c-]c(C)c1C.COc1c(C)c(C)[c-]c(C)c1C.[Y]. The van der Waals surface area contributed by atoms with Crippen molar-refractivity contribution in [2.24, 2.45) is 0 Å². The molecule has 3 nitrogen and oxygen atoms in total. The molecule has 0 fully saturated rings. The van der Waals surface area contributed by atoms with E-state index in [-0.39, 0.29) is 38.7 Å². The minimum absolute atomic E-state index is 0. The summed E-state index contributed by atoms with van der Waals surface area (Å²) in [4.78, 5) is 10.9.